The second kappa shape index (κ2) is 7.42. The number of aliphatic carboxylic acids is 1. The summed E-state index contributed by atoms with van der Waals surface area (Å²) in [5.41, 5.74) is 7.04. The van der Waals surface area contributed by atoms with Crippen LogP contribution in [0, 0.1) is 0 Å². The standard InChI is InChI=1S/C16H20N2O3.ClH/c1-2-12(14(19)20)10-11-4-6-13(7-5-11)18-15(21)16(17)8-3-9-16;/h4-7,10H,2-3,8-9,17H2,1H3,(H,18,21)(H,19,20);1H. The van der Waals surface area contributed by atoms with E-state index in [2.05, 4.69) is 5.32 Å². The zero-order valence-electron chi connectivity index (χ0n) is 12.5. The molecule has 1 aromatic rings. The van der Waals surface area contributed by atoms with Crippen LogP contribution in [0.5, 0.6) is 0 Å². The van der Waals surface area contributed by atoms with E-state index < -0.39 is 11.5 Å². The van der Waals surface area contributed by atoms with E-state index in [4.69, 9.17) is 10.8 Å². The molecule has 0 spiro atoms. The number of rotatable bonds is 5. The van der Waals surface area contributed by atoms with Crippen LogP contribution in [0.25, 0.3) is 6.08 Å². The topological polar surface area (TPSA) is 92.4 Å². The molecule has 0 aliphatic heterocycles. The number of benzene rings is 1. The summed E-state index contributed by atoms with van der Waals surface area (Å²) in [4.78, 5) is 22.9. The van der Waals surface area contributed by atoms with Gasteiger partial charge in [0.05, 0.1) is 5.54 Å². The summed E-state index contributed by atoms with van der Waals surface area (Å²) < 4.78 is 0. The van der Waals surface area contributed by atoms with Gasteiger partial charge in [0.25, 0.3) is 0 Å². The van der Waals surface area contributed by atoms with E-state index in [0.717, 1.165) is 24.8 Å². The fourth-order valence-electron chi connectivity index (χ4n) is 2.22. The van der Waals surface area contributed by atoms with Crippen molar-refractivity contribution in [3.8, 4) is 0 Å². The summed E-state index contributed by atoms with van der Waals surface area (Å²) in [5.74, 6) is -1.07. The lowest BCUT2D eigenvalue weighted by molar-refractivity contribution is -0.132. The van der Waals surface area contributed by atoms with Crippen molar-refractivity contribution in [2.24, 2.45) is 5.73 Å². The van der Waals surface area contributed by atoms with Gasteiger partial charge in [-0.3, -0.25) is 4.79 Å². The molecule has 6 heteroatoms. The molecule has 2 rings (SSSR count). The second-order valence-electron chi connectivity index (χ2n) is 5.41. The number of hydrogen-bond donors (Lipinski definition) is 3. The molecule has 0 aromatic heterocycles. The zero-order valence-corrected chi connectivity index (χ0v) is 13.3. The molecule has 0 atom stereocenters. The van der Waals surface area contributed by atoms with E-state index in [9.17, 15) is 9.59 Å². The fraction of sp³-hybridized carbons (Fsp3) is 0.375. The molecule has 4 N–H and O–H groups in total. The summed E-state index contributed by atoms with van der Waals surface area (Å²) in [6.45, 7) is 1.80. The summed E-state index contributed by atoms with van der Waals surface area (Å²) >= 11 is 0. The number of hydrogen-bond acceptors (Lipinski definition) is 3. The molecule has 0 heterocycles. The van der Waals surface area contributed by atoms with Gasteiger partial charge < -0.3 is 16.2 Å². The van der Waals surface area contributed by atoms with Crippen molar-refractivity contribution >= 4 is 36.0 Å². The molecule has 22 heavy (non-hydrogen) atoms. The van der Waals surface area contributed by atoms with Crippen LogP contribution in [0.1, 0.15) is 38.2 Å². The van der Waals surface area contributed by atoms with Crippen molar-refractivity contribution in [1.82, 2.24) is 0 Å². The van der Waals surface area contributed by atoms with Gasteiger partial charge in [-0.15, -0.1) is 12.4 Å². The first-order valence-electron chi connectivity index (χ1n) is 7.09. The average Bonchev–Trinajstić information content (AvgIpc) is 2.43. The minimum absolute atomic E-state index is 0. The number of halogens is 1. The van der Waals surface area contributed by atoms with Crippen molar-refractivity contribution in [2.45, 2.75) is 38.1 Å². The highest BCUT2D eigenvalue weighted by molar-refractivity contribution is 5.98. The van der Waals surface area contributed by atoms with Gasteiger partial charge in [0.1, 0.15) is 0 Å². The maximum absolute atomic E-state index is 12.0. The van der Waals surface area contributed by atoms with Crippen molar-refractivity contribution < 1.29 is 14.7 Å². The SMILES string of the molecule is CCC(=Cc1ccc(NC(=O)C2(N)CCC2)cc1)C(=O)O.Cl. The summed E-state index contributed by atoms with van der Waals surface area (Å²) in [6.07, 6.45) is 4.52. The Morgan fingerprint density at radius 2 is 1.91 bits per heavy atom. The average molecular weight is 325 g/mol. The molecule has 120 valence electrons. The first-order valence-corrected chi connectivity index (χ1v) is 7.09. The van der Waals surface area contributed by atoms with Crippen LogP contribution in [0.3, 0.4) is 0 Å². The van der Waals surface area contributed by atoms with E-state index in [-0.39, 0.29) is 18.3 Å². The molecule has 0 unspecified atom stereocenters. The number of carboxylic acids is 1. The summed E-state index contributed by atoms with van der Waals surface area (Å²) in [7, 11) is 0. The van der Waals surface area contributed by atoms with Gasteiger partial charge in [-0.25, -0.2) is 4.79 Å². The predicted molar refractivity (Wildman–Crippen MR) is 89.0 cm³/mol. The van der Waals surface area contributed by atoms with Gasteiger partial charge >= 0.3 is 5.97 Å². The lowest BCUT2D eigenvalue weighted by Gasteiger charge is -2.36. The molecular weight excluding hydrogens is 304 g/mol. The van der Waals surface area contributed by atoms with Gasteiger partial charge in [-0.1, -0.05) is 19.1 Å². The fourth-order valence-corrected chi connectivity index (χ4v) is 2.22. The first kappa shape index (κ1) is 18.2. The van der Waals surface area contributed by atoms with Crippen LogP contribution in [0.15, 0.2) is 29.8 Å². The molecule has 1 aromatic carbocycles. The Morgan fingerprint density at radius 1 is 1.32 bits per heavy atom. The van der Waals surface area contributed by atoms with Crippen LogP contribution in [0.2, 0.25) is 0 Å². The Morgan fingerprint density at radius 3 is 2.32 bits per heavy atom. The second-order valence-corrected chi connectivity index (χ2v) is 5.41. The third-order valence-corrected chi connectivity index (χ3v) is 3.86. The van der Waals surface area contributed by atoms with Gasteiger partial charge in [0.15, 0.2) is 0 Å². The maximum Gasteiger partial charge on any atom is 0.331 e. The molecule has 1 aliphatic rings. The Kier molecular flexibility index (Phi) is 6.14. The van der Waals surface area contributed by atoms with E-state index in [0.29, 0.717) is 17.7 Å². The minimum atomic E-state index is -0.912. The highest BCUT2D eigenvalue weighted by atomic mass is 35.5. The predicted octanol–water partition coefficient (Wildman–Crippen LogP) is 2.81. The van der Waals surface area contributed by atoms with Crippen molar-refractivity contribution in [1.29, 1.82) is 0 Å². The number of carboxylic acid groups (broad SMARTS) is 1. The van der Waals surface area contributed by atoms with Crippen LogP contribution < -0.4 is 11.1 Å². The highest BCUT2D eigenvalue weighted by Crippen LogP contribution is 2.30. The van der Waals surface area contributed by atoms with Gasteiger partial charge in [0, 0.05) is 11.3 Å². The molecule has 1 aliphatic carbocycles. The molecule has 1 amide bonds. The lowest BCUT2D eigenvalue weighted by Crippen LogP contribution is -2.56. The smallest absolute Gasteiger partial charge is 0.331 e. The van der Waals surface area contributed by atoms with Gasteiger partial charge in [-0.2, -0.15) is 0 Å². The molecule has 0 radical (unpaired) electrons. The molecule has 0 saturated heterocycles. The van der Waals surface area contributed by atoms with Crippen molar-refractivity contribution in [3.63, 3.8) is 0 Å². The van der Waals surface area contributed by atoms with Crippen LogP contribution >= 0.6 is 12.4 Å². The van der Waals surface area contributed by atoms with E-state index in [1.165, 1.54) is 0 Å². The third-order valence-electron chi connectivity index (χ3n) is 3.86. The van der Waals surface area contributed by atoms with Gasteiger partial charge in [0.2, 0.25) is 5.91 Å². The summed E-state index contributed by atoms with van der Waals surface area (Å²) in [6, 6.07) is 7.05. The van der Waals surface area contributed by atoms with E-state index in [1.54, 1.807) is 37.3 Å². The normalized spacial score (nSPS) is 16.2. The monoisotopic (exact) mass is 324 g/mol. The van der Waals surface area contributed by atoms with Crippen molar-refractivity contribution in [3.05, 3.63) is 35.4 Å². The van der Waals surface area contributed by atoms with Crippen LogP contribution in [-0.4, -0.2) is 22.5 Å². The summed E-state index contributed by atoms with van der Waals surface area (Å²) in [5, 5.41) is 11.8. The van der Waals surface area contributed by atoms with Crippen molar-refractivity contribution in [2.75, 3.05) is 5.32 Å². The molecule has 1 fully saturated rings. The van der Waals surface area contributed by atoms with E-state index >= 15 is 0 Å². The van der Waals surface area contributed by atoms with E-state index in [1.807, 2.05) is 0 Å². The third kappa shape index (κ3) is 4.08. The Balaban J connectivity index is 0.00000242. The minimum Gasteiger partial charge on any atom is -0.478 e. The molecule has 1 saturated carbocycles. The number of carbonyl (C=O) groups excluding carboxylic acids is 1. The number of anilines is 1. The first-order chi connectivity index (χ1) is 9.94. The maximum atomic E-state index is 12.0. The number of nitrogens with two attached hydrogens (primary N) is 1. The lowest BCUT2D eigenvalue weighted by atomic mass is 9.77. The largest absolute Gasteiger partial charge is 0.478 e. The number of amides is 1. The number of carbonyl (C=O) groups is 2. The Labute approximate surface area is 136 Å². The highest BCUT2D eigenvalue weighted by Gasteiger charge is 2.40. The zero-order chi connectivity index (χ0) is 15.5. The molecule has 0 bridgehead atoms. The van der Waals surface area contributed by atoms with Crippen LogP contribution in [-0.2, 0) is 9.59 Å². The Hall–Kier alpha value is -1.85. The Bertz CT molecular complexity index is 578. The molecular formula is C16H21ClN2O3. The van der Waals surface area contributed by atoms with Crippen LogP contribution in [0.4, 0.5) is 5.69 Å². The molecule has 5 nitrogen and oxygen atoms in total. The number of nitrogens with one attached hydrogen (secondary N) is 1. The van der Waals surface area contributed by atoms with Gasteiger partial charge in [-0.05, 0) is 49.5 Å². The quantitative estimate of drug-likeness (QED) is 0.726.